The van der Waals surface area contributed by atoms with Crippen molar-refractivity contribution in [3.05, 3.63) is 47.8 Å². The van der Waals surface area contributed by atoms with Crippen molar-refractivity contribution >= 4 is 29.9 Å². The Hall–Kier alpha value is -1.77. The van der Waals surface area contributed by atoms with Crippen molar-refractivity contribution in [3.63, 3.8) is 0 Å². The number of methoxy groups -OCH3 is 1. The van der Waals surface area contributed by atoms with Crippen LogP contribution in [0, 0.1) is 6.92 Å². The minimum Gasteiger partial charge on any atom is -0.496 e. The Kier molecular flexibility index (Phi) is 10.8. The van der Waals surface area contributed by atoms with Crippen LogP contribution in [0.3, 0.4) is 0 Å². The zero-order valence-electron chi connectivity index (χ0n) is 15.9. The van der Waals surface area contributed by atoms with Crippen LogP contribution < -0.4 is 15.4 Å². The third kappa shape index (κ3) is 7.63. The number of benzene rings is 1. The van der Waals surface area contributed by atoms with Crippen molar-refractivity contribution in [3.8, 4) is 5.75 Å². The minimum absolute atomic E-state index is 0. The first-order chi connectivity index (χ1) is 12.2. The molecule has 0 amide bonds. The van der Waals surface area contributed by atoms with Gasteiger partial charge in [-0.2, -0.15) is 5.10 Å². The van der Waals surface area contributed by atoms with Crippen LogP contribution in [0.15, 0.2) is 41.7 Å². The van der Waals surface area contributed by atoms with Gasteiger partial charge in [0.2, 0.25) is 0 Å². The Morgan fingerprint density at radius 2 is 2.15 bits per heavy atom. The van der Waals surface area contributed by atoms with Gasteiger partial charge in [-0.05, 0) is 44.4 Å². The summed E-state index contributed by atoms with van der Waals surface area (Å²) >= 11 is 0. The molecule has 2 N–H and O–H groups in total. The molecular weight excluding hydrogens is 441 g/mol. The first kappa shape index (κ1) is 22.3. The molecule has 0 spiro atoms. The molecule has 2 aromatic rings. The van der Waals surface area contributed by atoms with E-state index in [0.717, 1.165) is 50.7 Å². The first-order valence-electron chi connectivity index (χ1n) is 8.86. The average molecular weight is 471 g/mol. The molecule has 0 saturated carbocycles. The van der Waals surface area contributed by atoms with E-state index in [4.69, 9.17) is 4.74 Å². The largest absolute Gasteiger partial charge is 0.496 e. The van der Waals surface area contributed by atoms with Crippen molar-refractivity contribution in [1.29, 1.82) is 0 Å². The van der Waals surface area contributed by atoms with Gasteiger partial charge in [-0.3, -0.25) is 9.67 Å². The number of aliphatic imine (C=N–C) groups is 1. The summed E-state index contributed by atoms with van der Waals surface area (Å²) in [6.07, 6.45) is 5.63. The Balaban J connectivity index is 0.00000338. The number of guanidine groups is 1. The number of hydrogen-bond acceptors (Lipinski definition) is 3. The molecule has 144 valence electrons. The number of halogens is 1. The number of hydrogen-bond donors (Lipinski definition) is 2. The Labute approximate surface area is 173 Å². The molecule has 7 heteroatoms. The fourth-order valence-electron chi connectivity index (χ4n) is 2.62. The van der Waals surface area contributed by atoms with E-state index in [0.29, 0.717) is 0 Å². The Morgan fingerprint density at radius 3 is 2.85 bits per heavy atom. The lowest BCUT2D eigenvalue weighted by molar-refractivity contribution is 0.409. The average Bonchev–Trinajstić information content (AvgIpc) is 3.12. The number of nitrogens with one attached hydrogen (secondary N) is 2. The van der Waals surface area contributed by atoms with E-state index < -0.39 is 0 Å². The lowest BCUT2D eigenvalue weighted by Gasteiger charge is -2.13. The van der Waals surface area contributed by atoms with E-state index in [1.54, 1.807) is 13.3 Å². The number of ether oxygens (including phenoxy) is 1. The highest BCUT2D eigenvalue weighted by atomic mass is 127. The molecule has 0 bridgehead atoms. The summed E-state index contributed by atoms with van der Waals surface area (Å²) in [5, 5.41) is 10.9. The monoisotopic (exact) mass is 471 g/mol. The molecule has 1 heterocycles. The number of aryl methyl sites for hydroxylation is 2. The molecule has 0 unspecified atom stereocenters. The molecule has 0 radical (unpaired) electrons. The van der Waals surface area contributed by atoms with Gasteiger partial charge in [0, 0.05) is 38.6 Å². The van der Waals surface area contributed by atoms with Crippen LogP contribution >= 0.6 is 24.0 Å². The molecule has 1 aromatic heterocycles. The smallest absolute Gasteiger partial charge is 0.191 e. The van der Waals surface area contributed by atoms with E-state index in [1.807, 2.05) is 23.0 Å². The molecule has 0 fully saturated rings. The summed E-state index contributed by atoms with van der Waals surface area (Å²) in [6, 6.07) is 8.21. The highest BCUT2D eigenvalue weighted by molar-refractivity contribution is 14.0. The molecule has 0 aliphatic carbocycles. The molecule has 1 aromatic carbocycles. The second-order valence-corrected chi connectivity index (χ2v) is 5.88. The van der Waals surface area contributed by atoms with E-state index in [9.17, 15) is 0 Å². The maximum Gasteiger partial charge on any atom is 0.191 e. The van der Waals surface area contributed by atoms with E-state index in [-0.39, 0.29) is 24.0 Å². The van der Waals surface area contributed by atoms with Crippen LogP contribution in [0.25, 0.3) is 0 Å². The number of aromatic nitrogens is 2. The normalized spacial score (nSPS) is 11.0. The SMILES string of the molecule is CCNC(=NCCCn1cccn1)NCCc1cc(C)ccc1OC.I. The van der Waals surface area contributed by atoms with Crippen LogP contribution in [-0.4, -0.2) is 42.5 Å². The van der Waals surface area contributed by atoms with Crippen molar-refractivity contribution < 1.29 is 4.74 Å². The molecule has 2 rings (SSSR count). The predicted octanol–water partition coefficient (Wildman–Crippen LogP) is 3.01. The lowest BCUT2D eigenvalue weighted by Crippen LogP contribution is -2.38. The van der Waals surface area contributed by atoms with Gasteiger partial charge < -0.3 is 15.4 Å². The first-order valence-corrected chi connectivity index (χ1v) is 8.86. The highest BCUT2D eigenvalue weighted by Crippen LogP contribution is 2.19. The molecule has 6 nitrogen and oxygen atoms in total. The van der Waals surface area contributed by atoms with Crippen molar-refractivity contribution in [2.75, 3.05) is 26.7 Å². The Bertz CT molecular complexity index is 658. The van der Waals surface area contributed by atoms with Gasteiger partial charge in [0.25, 0.3) is 0 Å². The molecule has 26 heavy (non-hydrogen) atoms. The van der Waals surface area contributed by atoms with E-state index in [2.05, 4.69) is 46.7 Å². The molecule has 0 aliphatic heterocycles. The summed E-state index contributed by atoms with van der Waals surface area (Å²) in [4.78, 5) is 4.63. The van der Waals surface area contributed by atoms with Crippen LogP contribution in [-0.2, 0) is 13.0 Å². The second-order valence-electron chi connectivity index (χ2n) is 5.88. The molecule has 0 atom stereocenters. The summed E-state index contributed by atoms with van der Waals surface area (Å²) in [6.45, 7) is 7.48. The summed E-state index contributed by atoms with van der Waals surface area (Å²) in [5.41, 5.74) is 2.46. The topological polar surface area (TPSA) is 63.5 Å². The maximum atomic E-state index is 5.44. The van der Waals surface area contributed by atoms with Crippen molar-refractivity contribution in [2.45, 2.75) is 33.2 Å². The van der Waals surface area contributed by atoms with Crippen LogP contribution in [0.5, 0.6) is 5.75 Å². The highest BCUT2D eigenvalue weighted by Gasteiger charge is 2.04. The quantitative estimate of drug-likeness (QED) is 0.256. The number of rotatable bonds is 9. The van der Waals surface area contributed by atoms with Crippen molar-refractivity contribution in [2.24, 2.45) is 4.99 Å². The fourth-order valence-corrected chi connectivity index (χ4v) is 2.62. The molecule has 0 aliphatic rings. The third-order valence-corrected chi connectivity index (χ3v) is 3.84. The predicted molar refractivity (Wildman–Crippen MR) is 118 cm³/mol. The van der Waals surface area contributed by atoms with Gasteiger partial charge in [0.05, 0.1) is 7.11 Å². The van der Waals surface area contributed by atoms with Crippen LogP contribution in [0.4, 0.5) is 0 Å². The van der Waals surface area contributed by atoms with Crippen LogP contribution in [0.2, 0.25) is 0 Å². The third-order valence-electron chi connectivity index (χ3n) is 3.84. The van der Waals surface area contributed by atoms with Gasteiger partial charge >= 0.3 is 0 Å². The zero-order valence-corrected chi connectivity index (χ0v) is 18.2. The second kappa shape index (κ2) is 12.6. The zero-order chi connectivity index (χ0) is 17.9. The van der Waals surface area contributed by atoms with Gasteiger partial charge in [-0.25, -0.2) is 0 Å². The van der Waals surface area contributed by atoms with Gasteiger partial charge in [-0.15, -0.1) is 24.0 Å². The molecule has 0 saturated heterocycles. The van der Waals surface area contributed by atoms with Crippen LogP contribution in [0.1, 0.15) is 24.5 Å². The minimum atomic E-state index is 0. The van der Waals surface area contributed by atoms with Crippen molar-refractivity contribution in [1.82, 2.24) is 20.4 Å². The van der Waals surface area contributed by atoms with Gasteiger partial charge in [0.1, 0.15) is 5.75 Å². The lowest BCUT2D eigenvalue weighted by atomic mass is 10.1. The standard InChI is InChI=1S/C19H29N5O.HI/c1-4-20-19(21-10-5-13-24-14-6-11-23-24)22-12-9-17-15-16(2)7-8-18(17)25-3;/h6-8,11,14-15H,4-5,9-10,12-13H2,1-3H3,(H2,20,21,22);1H. The van der Waals surface area contributed by atoms with Gasteiger partial charge in [-0.1, -0.05) is 17.7 Å². The number of nitrogens with zero attached hydrogens (tertiary/aromatic N) is 3. The van der Waals surface area contributed by atoms with E-state index in [1.165, 1.54) is 11.1 Å². The van der Waals surface area contributed by atoms with Gasteiger partial charge in [0.15, 0.2) is 5.96 Å². The Morgan fingerprint density at radius 1 is 1.31 bits per heavy atom. The summed E-state index contributed by atoms with van der Waals surface area (Å²) in [5.74, 6) is 1.79. The summed E-state index contributed by atoms with van der Waals surface area (Å²) in [7, 11) is 1.72. The maximum absolute atomic E-state index is 5.44. The fraction of sp³-hybridized carbons (Fsp3) is 0.474. The molecular formula is C19H30IN5O. The summed E-state index contributed by atoms with van der Waals surface area (Å²) < 4.78 is 7.37. The van der Waals surface area contributed by atoms with E-state index >= 15 is 0 Å².